The molecule has 2 aliphatic rings. The molecule has 0 saturated carbocycles. The third-order valence-electron chi connectivity index (χ3n) is 4.66. The van der Waals surface area contributed by atoms with E-state index in [0.29, 0.717) is 5.92 Å². The number of nitrogens with one attached hydrogen (secondary N) is 1. The lowest BCUT2D eigenvalue weighted by molar-refractivity contribution is 0.102. The van der Waals surface area contributed by atoms with Gasteiger partial charge in [-0.05, 0) is 58.0 Å². The van der Waals surface area contributed by atoms with Crippen molar-refractivity contribution in [2.75, 3.05) is 31.5 Å². The minimum absolute atomic E-state index is 0.219. The Morgan fingerprint density at radius 1 is 1.33 bits per heavy atom. The summed E-state index contributed by atoms with van der Waals surface area (Å²) in [6, 6.07) is 0. The molecule has 2 N–H and O–H groups in total. The number of anilines is 1. The first-order valence-corrected chi connectivity index (χ1v) is 8.19. The van der Waals surface area contributed by atoms with Gasteiger partial charge in [0, 0.05) is 24.3 Å². The molecule has 1 saturated heterocycles. The maximum absolute atomic E-state index is 9.44. The maximum atomic E-state index is 9.44. The first kappa shape index (κ1) is 14.7. The topological polar surface area (TPSA) is 61.3 Å². The molecule has 1 atom stereocenters. The monoisotopic (exact) mass is 290 g/mol. The van der Waals surface area contributed by atoms with Crippen molar-refractivity contribution in [1.29, 1.82) is 0 Å². The van der Waals surface area contributed by atoms with Gasteiger partial charge in [0.25, 0.3) is 0 Å². The second kappa shape index (κ2) is 6.71. The summed E-state index contributed by atoms with van der Waals surface area (Å²) < 4.78 is 0. The van der Waals surface area contributed by atoms with E-state index in [1.807, 2.05) is 6.92 Å². The summed E-state index contributed by atoms with van der Waals surface area (Å²) >= 11 is 0. The summed E-state index contributed by atoms with van der Waals surface area (Å²) in [5.74, 6) is 1.77. The summed E-state index contributed by atoms with van der Waals surface area (Å²) in [6.07, 6.45) is 7.30. The molecule has 116 valence electrons. The van der Waals surface area contributed by atoms with Crippen LogP contribution in [0.1, 0.15) is 37.4 Å². The van der Waals surface area contributed by atoms with Crippen molar-refractivity contribution in [2.24, 2.45) is 5.92 Å². The molecule has 1 aromatic rings. The Bertz CT molecular complexity index is 469. The minimum atomic E-state index is -0.219. The third-order valence-corrected chi connectivity index (χ3v) is 4.66. The zero-order chi connectivity index (χ0) is 14.7. The van der Waals surface area contributed by atoms with Gasteiger partial charge in [-0.3, -0.25) is 0 Å². The highest BCUT2D eigenvalue weighted by atomic mass is 16.3. The quantitative estimate of drug-likeness (QED) is 0.860. The molecule has 1 fully saturated rings. The van der Waals surface area contributed by atoms with E-state index in [4.69, 9.17) is 0 Å². The van der Waals surface area contributed by atoms with Crippen molar-refractivity contribution >= 4 is 5.82 Å². The maximum Gasteiger partial charge on any atom is 0.132 e. The molecule has 1 aliphatic heterocycles. The van der Waals surface area contributed by atoms with Crippen LogP contribution in [0.3, 0.4) is 0 Å². The van der Waals surface area contributed by atoms with E-state index in [9.17, 15) is 5.11 Å². The van der Waals surface area contributed by atoms with Crippen molar-refractivity contribution in [2.45, 2.75) is 45.1 Å². The molecular weight excluding hydrogens is 264 g/mol. The molecule has 0 amide bonds. The second-order valence-corrected chi connectivity index (χ2v) is 6.47. The molecule has 1 aromatic heterocycles. The van der Waals surface area contributed by atoms with Gasteiger partial charge in [-0.15, -0.1) is 0 Å². The third kappa shape index (κ3) is 3.71. The number of hydrogen-bond acceptors (Lipinski definition) is 5. The van der Waals surface area contributed by atoms with Crippen molar-refractivity contribution in [1.82, 2.24) is 14.9 Å². The van der Waals surface area contributed by atoms with E-state index >= 15 is 0 Å². The lowest BCUT2D eigenvalue weighted by atomic mass is 9.96. The SMILES string of the molecule is CC(O)CN1CCC(CNc2ncnc3c2CCC3)CC1. The first-order chi connectivity index (χ1) is 10.2. The minimum Gasteiger partial charge on any atom is -0.392 e. The Morgan fingerprint density at radius 3 is 2.90 bits per heavy atom. The fourth-order valence-corrected chi connectivity index (χ4v) is 3.50. The molecule has 0 aromatic carbocycles. The van der Waals surface area contributed by atoms with E-state index in [-0.39, 0.29) is 6.10 Å². The van der Waals surface area contributed by atoms with Crippen LogP contribution in [-0.4, -0.2) is 52.3 Å². The van der Waals surface area contributed by atoms with Crippen LogP contribution in [0.4, 0.5) is 5.82 Å². The molecule has 3 rings (SSSR count). The Labute approximate surface area is 126 Å². The molecular formula is C16H26N4O. The van der Waals surface area contributed by atoms with Gasteiger partial charge < -0.3 is 15.3 Å². The second-order valence-electron chi connectivity index (χ2n) is 6.47. The number of nitrogens with zero attached hydrogens (tertiary/aromatic N) is 3. The fourth-order valence-electron chi connectivity index (χ4n) is 3.50. The van der Waals surface area contributed by atoms with Crippen LogP contribution in [0.15, 0.2) is 6.33 Å². The molecule has 21 heavy (non-hydrogen) atoms. The standard InChI is InChI=1S/C16H26N4O/c1-12(21)10-20-7-5-13(6-8-20)9-17-16-14-3-2-4-15(14)18-11-19-16/h11-13,21H,2-10H2,1H3,(H,17,18,19). The molecule has 1 aliphatic carbocycles. The van der Waals surface area contributed by atoms with Crippen LogP contribution in [0.5, 0.6) is 0 Å². The Morgan fingerprint density at radius 2 is 2.14 bits per heavy atom. The van der Waals surface area contributed by atoms with Gasteiger partial charge in [-0.25, -0.2) is 9.97 Å². The summed E-state index contributed by atoms with van der Waals surface area (Å²) in [5.41, 5.74) is 2.57. The number of aliphatic hydroxyl groups excluding tert-OH is 1. The van der Waals surface area contributed by atoms with Gasteiger partial charge in [0.1, 0.15) is 12.1 Å². The molecule has 0 radical (unpaired) electrons. The highest BCUT2D eigenvalue weighted by Crippen LogP contribution is 2.26. The summed E-state index contributed by atoms with van der Waals surface area (Å²) in [6.45, 7) is 5.87. The van der Waals surface area contributed by atoms with Gasteiger partial charge in [0.05, 0.1) is 6.10 Å². The van der Waals surface area contributed by atoms with Crippen molar-refractivity contribution in [3.05, 3.63) is 17.6 Å². The van der Waals surface area contributed by atoms with Crippen molar-refractivity contribution in [3.8, 4) is 0 Å². The van der Waals surface area contributed by atoms with E-state index in [1.165, 1.54) is 30.5 Å². The lowest BCUT2D eigenvalue weighted by Gasteiger charge is -2.32. The Hall–Kier alpha value is -1.20. The van der Waals surface area contributed by atoms with Gasteiger partial charge in [0.2, 0.25) is 0 Å². The number of aryl methyl sites for hydroxylation is 1. The number of likely N-dealkylation sites (tertiary alicyclic amines) is 1. The van der Waals surface area contributed by atoms with Gasteiger partial charge in [-0.2, -0.15) is 0 Å². The lowest BCUT2D eigenvalue weighted by Crippen LogP contribution is -2.39. The average molecular weight is 290 g/mol. The smallest absolute Gasteiger partial charge is 0.132 e. The molecule has 1 unspecified atom stereocenters. The molecule has 5 nitrogen and oxygen atoms in total. The van der Waals surface area contributed by atoms with Crippen LogP contribution in [0, 0.1) is 5.92 Å². The number of aromatic nitrogens is 2. The van der Waals surface area contributed by atoms with Crippen LogP contribution in [-0.2, 0) is 12.8 Å². The summed E-state index contributed by atoms with van der Waals surface area (Å²) in [4.78, 5) is 11.2. The molecule has 5 heteroatoms. The van der Waals surface area contributed by atoms with E-state index in [2.05, 4.69) is 20.2 Å². The Balaban J connectivity index is 1.48. The zero-order valence-electron chi connectivity index (χ0n) is 12.9. The number of hydrogen-bond donors (Lipinski definition) is 2. The largest absolute Gasteiger partial charge is 0.392 e. The highest BCUT2D eigenvalue weighted by molar-refractivity contribution is 5.47. The van der Waals surface area contributed by atoms with Gasteiger partial charge in [-0.1, -0.05) is 0 Å². The molecule has 0 bridgehead atoms. The van der Waals surface area contributed by atoms with E-state index in [1.54, 1.807) is 6.33 Å². The van der Waals surface area contributed by atoms with E-state index < -0.39 is 0 Å². The molecule has 2 heterocycles. The van der Waals surface area contributed by atoms with Gasteiger partial charge in [0.15, 0.2) is 0 Å². The number of β-amino-alcohol motifs (C(OH)–C–C–N with tert-alkyl or cyclic N) is 1. The zero-order valence-corrected chi connectivity index (χ0v) is 12.9. The number of fused-ring (bicyclic) bond motifs is 1. The highest BCUT2D eigenvalue weighted by Gasteiger charge is 2.21. The van der Waals surface area contributed by atoms with Crippen LogP contribution in [0.25, 0.3) is 0 Å². The van der Waals surface area contributed by atoms with E-state index in [0.717, 1.165) is 44.8 Å². The van der Waals surface area contributed by atoms with Crippen molar-refractivity contribution < 1.29 is 5.11 Å². The normalized spacial score (nSPS) is 21.2. The predicted octanol–water partition coefficient (Wildman–Crippen LogP) is 1.47. The first-order valence-electron chi connectivity index (χ1n) is 8.19. The predicted molar refractivity (Wildman–Crippen MR) is 83.4 cm³/mol. The van der Waals surface area contributed by atoms with Crippen LogP contribution in [0.2, 0.25) is 0 Å². The summed E-state index contributed by atoms with van der Waals surface area (Å²) in [5, 5.41) is 13.0. The average Bonchev–Trinajstić information content (AvgIpc) is 2.95. The number of piperidine rings is 1. The number of aliphatic hydroxyl groups is 1. The Kier molecular flexibility index (Phi) is 4.70. The number of rotatable bonds is 5. The van der Waals surface area contributed by atoms with Crippen molar-refractivity contribution in [3.63, 3.8) is 0 Å². The fraction of sp³-hybridized carbons (Fsp3) is 0.750. The summed E-state index contributed by atoms with van der Waals surface area (Å²) in [7, 11) is 0. The van der Waals surface area contributed by atoms with Crippen LogP contribution >= 0.6 is 0 Å². The molecule has 0 spiro atoms. The van der Waals surface area contributed by atoms with Crippen LogP contribution < -0.4 is 5.32 Å². The van der Waals surface area contributed by atoms with Gasteiger partial charge >= 0.3 is 0 Å².